The predicted molar refractivity (Wildman–Crippen MR) is 112 cm³/mol. The van der Waals surface area contributed by atoms with Crippen LogP contribution in [0.1, 0.15) is 11.1 Å². The summed E-state index contributed by atoms with van der Waals surface area (Å²) >= 11 is 0. The number of rotatable bonds is 6. The summed E-state index contributed by atoms with van der Waals surface area (Å²) in [5.74, 6) is 0.0704. The number of anilines is 3. The van der Waals surface area contributed by atoms with Gasteiger partial charge in [-0.2, -0.15) is 28.1 Å². The zero-order valence-corrected chi connectivity index (χ0v) is 17.0. The summed E-state index contributed by atoms with van der Waals surface area (Å²) in [7, 11) is 0. The van der Waals surface area contributed by atoms with E-state index in [2.05, 4.69) is 30.2 Å². The van der Waals surface area contributed by atoms with Gasteiger partial charge in [0.15, 0.2) is 5.82 Å². The third-order valence-corrected chi connectivity index (χ3v) is 4.81. The van der Waals surface area contributed by atoms with E-state index in [1.165, 1.54) is 0 Å². The van der Waals surface area contributed by atoms with E-state index >= 15 is 0 Å². The predicted octanol–water partition coefficient (Wildman–Crippen LogP) is 2.42. The molecule has 1 saturated heterocycles. The molecule has 4 rings (SSSR count). The van der Waals surface area contributed by atoms with Crippen molar-refractivity contribution < 1.29 is 17.9 Å². The highest BCUT2D eigenvalue weighted by Gasteiger charge is 2.35. The van der Waals surface area contributed by atoms with Crippen molar-refractivity contribution in [2.45, 2.75) is 12.6 Å². The van der Waals surface area contributed by atoms with E-state index < -0.39 is 11.7 Å². The molecule has 12 heteroatoms. The van der Waals surface area contributed by atoms with Gasteiger partial charge in [0.1, 0.15) is 5.82 Å². The van der Waals surface area contributed by atoms with Gasteiger partial charge in [0, 0.05) is 38.2 Å². The number of pyridine rings is 2. The summed E-state index contributed by atoms with van der Waals surface area (Å²) in [6.07, 6.45) is 0.457. The number of nitrogen functional groups attached to an aromatic ring is 1. The molecule has 0 atom stereocenters. The molecule has 3 aromatic heterocycles. The Morgan fingerprint density at radius 2 is 1.94 bits per heavy atom. The molecule has 1 aliphatic rings. The third-order valence-electron chi connectivity index (χ3n) is 4.81. The Morgan fingerprint density at radius 1 is 1.12 bits per heavy atom. The van der Waals surface area contributed by atoms with Crippen LogP contribution in [0, 0.1) is 0 Å². The first kappa shape index (κ1) is 21.7. The van der Waals surface area contributed by atoms with E-state index in [1.807, 2.05) is 17.0 Å². The summed E-state index contributed by atoms with van der Waals surface area (Å²) in [6.45, 7) is 2.45. The zero-order valence-electron chi connectivity index (χ0n) is 17.0. The van der Waals surface area contributed by atoms with Crippen LogP contribution in [-0.4, -0.2) is 57.8 Å². The number of nitrogens with two attached hydrogens (primary N) is 1. The molecule has 4 heterocycles. The van der Waals surface area contributed by atoms with E-state index in [1.54, 1.807) is 12.4 Å². The average Bonchev–Trinajstić information content (AvgIpc) is 2.79. The van der Waals surface area contributed by atoms with Gasteiger partial charge < -0.3 is 20.7 Å². The number of alkyl halides is 3. The smallest absolute Gasteiger partial charge is 0.384 e. The monoisotopic (exact) mass is 446 g/mol. The highest BCUT2D eigenvalue weighted by molar-refractivity contribution is 5.64. The third kappa shape index (κ3) is 5.19. The number of aromatic nitrogens is 5. The summed E-state index contributed by atoms with van der Waals surface area (Å²) in [6, 6.07) is 4.55. The van der Waals surface area contributed by atoms with Crippen LogP contribution < -0.4 is 16.0 Å². The lowest BCUT2D eigenvalue weighted by Gasteiger charge is -2.27. The second-order valence-electron chi connectivity index (χ2n) is 7.07. The van der Waals surface area contributed by atoms with E-state index in [9.17, 15) is 13.2 Å². The summed E-state index contributed by atoms with van der Waals surface area (Å²) in [4.78, 5) is 22.7. The van der Waals surface area contributed by atoms with Gasteiger partial charge in [-0.05, 0) is 24.1 Å². The minimum Gasteiger partial charge on any atom is -0.384 e. The molecule has 0 aromatic carbocycles. The van der Waals surface area contributed by atoms with Crippen LogP contribution in [0.4, 0.5) is 30.9 Å². The Hall–Kier alpha value is -3.54. The molecule has 3 N–H and O–H groups in total. The molecule has 0 saturated carbocycles. The Bertz CT molecular complexity index is 1060. The van der Waals surface area contributed by atoms with Gasteiger partial charge in [0.2, 0.25) is 11.9 Å². The standard InChI is InChI=1S/C20H21F3N8O/c21-20(22,23)15-10-16(24)27-12-14(15)17-28-18(26-5-3-13-2-1-4-25-11-13)30-19(29-17)31-6-8-32-9-7-31/h1-2,4,10-12H,3,5-9H2,(H2,24,27)(H,26,28,29,30). The van der Waals surface area contributed by atoms with Crippen molar-refractivity contribution in [3.63, 3.8) is 0 Å². The van der Waals surface area contributed by atoms with Crippen molar-refractivity contribution in [2.75, 3.05) is 48.8 Å². The number of hydrogen-bond acceptors (Lipinski definition) is 9. The maximum Gasteiger partial charge on any atom is 0.417 e. The second-order valence-corrected chi connectivity index (χ2v) is 7.07. The first-order valence-electron chi connectivity index (χ1n) is 9.95. The minimum absolute atomic E-state index is 0.134. The van der Waals surface area contributed by atoms with E-state index in [0.717, 1.165) is 17.8 Å². The fraction of sp³-hybridized carbons (Fsp3) is 0.350. The molecule has 0 radical (unpaired) electrons. The first-order chi connectivity index (χ1) is 15.4. The lowest BCUT2D eigenvalue weighted by Crippen LogP contribution is -2.37. The fourth-order valence-corrected chi connectivity index (χ4v) is 3.22. The molecule has 0 bridgehead atoms. The second kappa shape index (κ2) is 9.30. The number of hydrogen-bond donors (Lipinski definition) is 2. The van der Waals surface area contributed by atoms with Crippen LogP contribution in [0.15, 0.2) is 36.8 Å². The SMILES string of the molecule is Nc1cc(C(F)(F)F)c(-c2nc(NCCc3cccnc3)nc(N3CCOCC3)n2)cn1. The Kier molecular flexibility index (Phi) is 6.30. The van der Waals surface area contributed by atoms with E-state index in [4.69, 9.17) is 10.5 Å². The molecule has 168 valence electrons. The van der Waals surface area contributed by atoms with Crippen LogP contribution in [0.25, 0.3) is 11.4 Å². The Balaban J connectivity index is 1.68. The van der Waals surface area contributed by atoms with Gasteiger partial charge in [-0.15, -0.1) is 0 Å². The molecular formula is C20H21F3N8O. The molecule has 0 aliphatic carbocycles. The maximum absolute atomic E-state index is 13.7. The highest BCUT2D eigenvalue weighted by Crippen LogP contribution is 2.37. The molecular weight excluding hydrogens is 425 g/mol. The van der Waals surface area contributed by atoms with Gasteiger partial charge in [0.25, 0.3) is 0 Å². The van der Waals surface area contributed by atoms with Crippen molar-refractivity contribution in [3.05, 3.63) is 47.9 Å². The Labute approximate surface area is 181 Å². The molecule has 1 fully saturated rings. The fourth-order valence-electron chi connectivity index (χ4n) is 3.22. The van der Waals surface area contributed by atoms with Gasteiger partial charge in [0.05, 0.1) is 24.3 Å². The average molecular weight is 446 g/mol. The number of morpholine rings is 1. The summed E-state index contributed by atoms with van der Waals surface area (Å²) in [5.41, 5.74) is 5.28. The largest absolute Gasteiger partial charge is 0.417 e. The molecule has 0 unspecified atom stereocenters. The quantitative estimate of drug-likeness (QED) is 0.589. The number of ether oxygens (including phenoxy) is 1. The van der Waals surface area contributed by atoms with Crippen molar-refractivity contribution in [2.24, 2.45) is 0 Å². The van der Waals surface area contributed by atoms with Crippen LogP contribution >= 0.6 is 0 Å². The number of nitrogens with zero attached hydrogens (tertiary/aromatic N) is 6. The van der Waals surface area contributed by atoms with Crippen LogP contribution in [0.3, 0.4) is 0 Å². The van der Waals surface area contributed by atoms with Crippen molar-refractivity contribution in [1.29, 1.82) is 0 Å². The molecule has 0 amide bonds. The van der Waals surface area contributed by atoms with Gasteiger partial charge in [-0.25, -0.2) is 4.98 Å². The zero-order chi connectivity index (χ0) is 22.6. The van der Waals surface area contributed by atoms with Gasteiger partial charge in [-0.3, -0.25) is 4.98 Å². The lowest BCUT2D eigenvalue weighted by molar-refractivity contribution is -0.137. The molecule has 0 spiro atoms. The maximum atomic E-state index is 13.7. The van der Waals surface area contributed by atoms with Crippen LogP contribution in [-0.2, 0) is 17.3 Å². The van der Waals surface area contributed by atoms with E-state index in [-0.39, 0.29) is 29.1 Å². The van der Waals surface area contributed by atoms with Gasteiger partial charge in [-0.1, -0.05) is 6.07 Å². The molecule has 9 nitrogen and oxygen atoms in total. The van der Waals surface area contributed by atoms with Crippen molar-refractivity contribution in [1.82, 2.24) is 24.9 Å². The lowest BCUT2D eigenvalue weighted by atomic mass is 10.1. The number of nitrogens with one attached hydrogen (secondary N) is 1. The summed E-state index contributed by atoms with van der Waals surface area (Å²) < 4.78 is 46.3. The number of halogens is 3. The molecule has 1 aliphatic heterocycles. The summed E-state index contributed by atoms with van der Waals surface area (Å²) in [5, 5.41) is 3.08. The van der Waals surface area contributed by atoms with Crippen LogP contribution in [0.5, 0.6) is 0 Å². The van der Waals surface area contributed by atoms with Gasteiger partial charge >= 0.3 is 6.18 Å². The molecule has 3 aromatic rings. The highest BCUT2D eigenvalue weighted by atomic mass is 19.4. The topological polar surface area (TPSA) is 115 Å². The Morgan fingerprint density at radius 3 is 2.66 bits per heavy atom. The molecule has 32 heavy (non-hydrogen) atoms. The minimum atomic E-state index is -4.65. The van der Waals surface area contributed by atoms with E-state index in [0.29, 0.717) is 39.3 Å². The van der Waals surface area contributed by atoms with Crippen molar-refractivity contribution >= 4 is 17.7 Å². The normalized spacial score (nSPS) is 14.4. The van der Waals surface area contributed by atoms with Crippen molar-refractivity contribution in [3.8, 4) is 11.4 Å². The first-order valence-corrected chi connectivity index (χ1v) is 9.95. The van der Waals surface area contributed by atoms with Crippen LogP contribution in [0.2, 0.25) is 0 Å².